The number of rotatable bonds is 8. The van der Waals surface area contributed by atoms with Gasteiger partial charge in [0.15, 0.2) is 0 Å². The smallest absolute Gasteiger partial charge is 0.0541 e. The molecule has 306 valence electrons. The summed E-state index contributed by atoms with van der Waals surface area (Å²) in [5.74, 6) is 3.00. The van der Waals surface area contributed by atoms with Gasteiger partial charge in [0.25, 0.3) is 0 Å². The molecule has 0 amide bonds. The van der Waals surface area contributed by atoms with Crippen molar-refractivity contribution in [3.63, 3.8) is 0 Å². The lowest BCUT2D eigenvalue weighted by Gasteiger charge is -2.86. The highest BCUT2D eigenvalue weighted by Crippen LogP contribution is 2.88. The molecule has 5 aliphatic rings. The normalized spacial score (nSPS) is 22.7. The molecule has 1 aromatic heterocycles. The van der Waals surface area contributed by atoms with Crippen molar-refractivity contribution in [1.29, 1.82) is 0 Å². The molecular weight excluding hydrogens is 773 g/mol. The van der Waals surface area contributed by atoms with Gasteiger partial charge < -0.3 is 9.47 Å². The molecule has 2 heteroatoms. The number of hydrogen-bond acceptors (Lipinski definition) is 1. The largest absolute Gasteiger partial charge is 0.311 e. The Hall–Kier alpha value is -7.16. The number of para-hydroxylation sites is 3. The van der Waals surface area contributed by atoms with E-state index in [1.165, 1.54) is 109 Å². The maximum Gasteiger partial charge on any atom is 0.0541 e. The molecule has 5 fully saturated rings. The van der Waals surface area contributed by atoms with Crippen molar-refractivity contribution in [2.24, 2.45) is 23.2 Å². The van der Waals surface area contributed by atoms with Crippen LogP contribution in [0.1, 0.15) is 37.7 Å². The van der Waals surface area contributed by atoms with Gasteiger partial charge in [0.05, 0.1) is 16.7 Å². The van der Waals surface area contributed by atoms with Crippen molar-refractivity contribution in [3.05, 3.63) is 218 Å². The average Bonchev–Trinajstić information content (AvgIpc) is 3.69. The van der Waals surface area contributed by atoms with Crippen molar-refractivity contribution in [2.75, 3.05) is 4.90 Å². The van der Waals surface area contributed by atoms with Gasteiger partial charge in [-0.05, 0) is 160 Å². The highest BCUT2D eigenvalue weighted by atomic mass is 15.1. The quantitative estimate of drug-likeness (QED) is 0.148. The van der Waals surface area contributed by atoms with Gasteiger partial charge in [-0.15, -0.1) is 0 Å². The first kappa shape index (κ1) is 36.3. The number of benzene rings is 9. The molecule has 0 saturated heterocycles. The van der Waals surface area contributed by atoms with E-state index in [1.54, 1.807) is 5.56 Å². The van der Waals surface area contributed by atoms with Crippen LogP contribution >= 0.6 is 0 Å². The minimum atomic E-state index is 0.409. The van der Waals surface area contributed by atoms with Gasteiger partial charge in [0.1, 0.15) is 0 Å². The minimum absolute atomic E-state index is 0.409. The molecule has 5 aliphatic carbocycles. The number of fused-ring (bicyclic) bond motifs is 5. The number of hydrogen-bond donors (Lipinski definition) is 0. The van der Waals surface area contributed by atoms with Crippen molar-refractivity contribution < 1.29 is 0 Å². The van der Waals surface area contributed by atoms with Crippen LogP contribution in [0.4, 0.5) is 17.1 Å². The van der Waals surface area contributed by atoms with Crippen LogP contribution < -0.4 is 4.90 Å². The molecule has 4 unspecified atom stereocenters. The fourth-order valence-corrected chi connectivity index (χ4v) is 13.9. The number of anilines is 3. The zero-order valence-electron chi connectivity index (χ0n) is 35.9. The van der Waals surface area contributed by atoms with Crippen LogP contribution in [0.3, 0.4) is 0 Å². The van der Waals surface area contributed by atoms with Crippen LogP contribution in [0.2, 0.25) is 0 Å². The predicted molar refractivity (Wildman–Crippen MR) is 267 cm³/mol. The van der Waals surface area contributed by atoms with Crippen LogP contribution in [0, 0.1) is 23.2 Å². The molecule has 1 spiro atoms. The Kier molecular flexibility index (Phi) is 7.76. The van der Waals surface area contributed by atoms with Crippen molar-refractivity contribution in [2.45, 2.75) is 37.5 Å². The Morgan fingerprint density at radius 3 is 1.75 bits per heavy atom. The summed E-state index contributed by atoms with van der Waals surface area (Å²) >= 11 is 0. The summed E-state index contributed by atoms with van der Waals surface area (Å²) in [6.07, 6.45) is 7.20. The molecule has 64 heavy (non-hydrogen) atoms. The van der Waals surface area contributed by atoms with Crippen molar-refractivity contribution >= 4 is 49.6 Å². The molecule has 1 heterocycles. The fraction of sp³-hybridized carbons (Fsp3) is 0.161. The molecule has 15 rings (SSSR count). The van der Waals surface area contributed by atoms with Gasteiger partial charge in [0, 0.05) is 38.8 Å². The highest BCUT2D eigenvalue weighted by Gasteiger charge is 2.82. The van der Waals surface area contributed by atoms with Crippen LogP contribution in [-0.4, -0.2) is 4.57 Å². The van der Waals surface area contributed by atoms with Gasteiger partial charge in [-0.25, -0.2) is 0 Å². The van der Waals surface area contributed by atoms with E-state index >= 15 is 0 Å². The summed E-state index contributed by atoms with van der Waals surface area (Å²) in [6, 6.07) is 79.0. The Morgan fingerprint density at radius 2 is 1.03 bits per heavy atom. The molecule has 5 saturated carbocycles. The minimum Gasteiger partial charge on any atom is -0.311 e. The van der Waals surface area contributed by atoms with Gasteiger partial charge in [-0.1, -0.05) is 152 Å². The van der Waals surface area contributed by atoms with E-state index in [4.69, 9.17) is 0 Å². The van der Waals surface area contributed by atoms with Crippen LogP contribution in [-0.2, 0) is 5.41 Å². The van der Waals surface area contributed by atoms with Crippen LogP contribution in [0.15, 0.2) is 212 Å². The topological polar surface area (TPSA) is 8.17 Å². The second kappa shape index (κ2) is 13.7. The summed E-state index contributed by atoms with van der Waals surface area (Å²) in [5, 5.41) is 5.10. The third kappa shape index (κ3) is 5.03. The number of nitrogens with zero attached hydrogens (tertiary/aromatic N) is 2. The van der Waals surface area contributed by atoms with E-state index in [0.717, 1.165) is 29.1 Å². The lowest BCUT2D eigenvalue weighted by molar-refractivity contribution is -0.342. The molecule has 9 aromatic carbocycles. The zero-order valence-corrected chi connectivity index (χ0v) is 35.9. The molecule has 2 bridgehead atoms. The first-order valence-corrected chi connectivity index (χ1v) is 23.4. The SMILES string of the molecule is c1cc(-c2ccc(N(c3ccc(-c4ccccc4-n4c5ccccc5c5ccccc54)cc3)c3ccc(C45CCC6CC47C6C[C@H]7C5)cc3)cc2)cc(-c2cccc3ccccc23)c1. The summed E-state index contributed by atoms with van der Waals surface area (Å²) in [4.78, 5) is 2.45. The third-order valence-electron chi connectivity index (χ3n) is 16.8. The Balaban J connectivity index is 0.843. The molecule has 5 atom stereocenters. The maximum absolute atomic E-state index is 2.50. The van der Waals surface area contributed by atoms with Gasteiger partial charge in [-0.2, -0.15) is 0 Å². The molecule has 0 aliphatic heterocycles. The Morgan fingerprint density at radius 1 is 0.453 bits per heavy atom. The Bertz CT molecular complexity index is 3390. The van der Waals surface area contributed by atoms with E-state index in [-0.39, 0.29) is 0 Å². The molecular formula is C62H48N2. The van der Waals surface area contributed by atoms with Crippen molar-refractivity contribution in [3.8, 4) is 39.1 Å². The van der Waals surface area contributed by atoms with Gasteiger partial charge in [-0.3, -0.25) is 0 Å². The lowest BCUT2D eigenvalue weighted by Crippen LogP contribution is -2.81. The zero-order chi connectivity index (χ0) is 42.0. The second-order valence-corrected chi connectivity index (χ2v) is 19.3. The highest BCUT2D eigenvalue weighted by molar-refractivity contribution is 6.09. The maximum atomic E-state index is 2.50. The second-order valence-electron chi connectivity index (χ2n) is 19.3. The third-order valence-corrected chi connectivity index (χ3v) is 16.8. The first-order chi connectivity index (χ1) is 31.7. The summed E-state index contributed by atoms with van der Waals surface area (Å²) in [7, 11) is 0. The predicted octanol–water partition coefficient (Wildman–Crippen LogP) is 16.5. The molecule has 10 aromatic rings. The van der Waals surface area contributed by atoms with Crippen LogP contribution in [0.5, 0.6) is 0 Å². The van der Waals surface area contributed by atoms with E-state index in [1.807, 2.05) is 0 Å². The van der Waals surface area contributed by atoms with E-state index < -0.39 is 0 Å². The first-order valence-electron chi connectivity index (χ1n) is 23.4. The Labute approximate surface area is 375 Å². The lowest BCUT2D eigenvalue weighted by atomic mass is 9.18. The average molecular weight is 821 g/mol. The molecule has 0 radical (unpaired) electrons. The molecule has 2 nitrogen and oxygen atoms in total. The van der Waals surface area contributed by atoms with E-state index in [9.17, 15) is 0 Å². The molecule has 0 N–H and O–H groups in total. The summed E-state index contributed by atoms with van der Waals surface area (Å²) < 4.78 is 2.44. The summed E-state index contributed by atoms with van der Waals surface area (Å²) in [6.45, 7) is 0. The number of aromatic nitrogens is 1. The standard InChI is InChI=1S/C62H48N2/c1-2-15-52-42(11-1)12-10-19-53(52)45-14-9-13-44(37-45)41-23-29-49(30-24-41)63(51-33-27-47(28-34-51)61-36-35-46-39-62(61)48(40-61)38-57(46)62)50-31-25-43(26-32-50)54-16-3-6-20-58(54)64-59-21-7-4-17-55(59)56-18-5-8-22-60(56)64/h1-34,37,46,48,57H,35-36,38-40H2/t46?,48-,57?,61?,62?/m0/s1. The van der Waals surface area contributed by atoms with E-state index in [2.05, 4.69) is 222 Å². The van der Waals surface area contributed by atoms with E-state index in [0.29, 0.717) is 10.8 Å². The fourth-order valence-electron chi connectivity index (χ4n) is 13.9. The monoisotopic (exact) mass is 820 g/mol. The van der Waals surface area contributed by atoms with Crippen molar-refractivity contribution in [1.82, 2.24) is 4.57 Å². The summed E-state index contributed by atoms with van der Waals surface area (Å²) in [5.41, 5.74) is 17.1. The van der Waals surface area contributed by atoms with Gasteiger partial charge >= 0.3 is 0 Å². The van der Waals surface area contributed by atoms with Crippen LogP contribution in [0.25, 0.3) is 71.6 Å². The van der Waals surface area contributed by atoms with Gasteiger partial charge in [0.2, 0.25) is 0 Å².